The van der Waals surface area contributed by atoms with Crippen LogP contribution in [-0.4, -0.2) is 37.5 Å². The average Bonchev–Trinajstić information content (AvgIpc) is 3.11. The Morgan fingerprint density at radius 2 is 1.72 bits per heavy atom. The molecule has 1 aliphatic heterocycles. The quantitative estimate of drug-likeness (QED) is 0.769. The zero-order valence-corrected chi connectivity index (χ0v) is 17.3. The maximum atomic E-state index is 12.9. The van der Waals surface area contributed by atoms with Gasteiger partial charge in [0.2, 0.25) is 5.91 Å². The third-order valence-corrected chi connectivity index (χ3v) is 5.39. The van der Waals surface area contributed by atoms with Crippen LogP contribution in [0.25, 0.3) is 0 Å². The van der Waals surface area contributed by atoms with Gasteiger partial charge in [0, 0.05) is 38.9 Å². The van der Waals surface area contributed by atoms with E-state index in [0.717, 1.165) is 25.9 Å². The Bertz CT molecular complexity index is 521. The fourth-order valence-corrected chi connectivity index (χ4v) is 3.57. The van der Waals surface area contributed by atoms with Crippen molar-refractivity contribution in [2.75, 3.05) is 31.6 Å². The molecule has 25 heavy (non-hydrogen) atoms. The lowest BCUT2D eigenvalue weighted by Crippen LogP contribution is -2.45. The number of anilines is 1. The van der Waals surface area contributed by atoms with Crippen LogP contribution in [0.3, 0.4) is 0 Å². The van der Waals surface area contributed by atoms with E-state index in [0.29, 0.717) is 13.1 Å². The molecule has 1 aromatic carbocycles. The number of para-hydroxylation sites is 1. The molecule has 1 heterocycles. The molecule has 4 nitrogen and oxygen atoms in total. The van der Waals surface area contributed by atoms with E-state index in [1.807, 2.05) is 11.9 Å². The van der Waals surface area contributed by atoms with Gasteiger partial charge in [0.1, 0.15) is 0 Å². The smallest absolute Gasteiger partial charge is 0.230 e. The summed E-state index contributed by atoms with van der Waals surface area (Å²) in [5, 5.41) is 0. The number of carbonyl (C=O) groups is 1. The van der Waals surface area contributed by atoms with Crippen molar-refractivity contribution >= 4 is 36.4 Å². The third kappa shape index (κ3) is 5.25. The number of rotatable bonds is 7. The molecule has 2 rings (SSSR count). The Kier molecular flexibility index (Phi) is 10.5. The van der Waals surface area contributed by atoms with Gasteiger partial charge < -0.3 is 15.5 Å². The number of carbonyl (C=O) groups excluding carboxylic acids is 1. The molecular weight excluding hydrogens is 357 g/mol. The van der Waals surface area contributed by atoms with E-state index in [-0.39, 0.29) is 30.7 Å². The van der Waals surface area contributed by atoms with Gasteiger partial charge in [-0.2, -0.15) is 0 Å². The van der Waals surface area contributed by atoms with Crippen molar-refractivity contribution in [3.8, 4) is 0 Å². The highest BCUT2D eigenvalue weighted by Gasteiger charge is 2.35. The van der Waals surface area contributed by atoms with Crippen LogP contribution < -0.4 is 10.6 Å². The Morgan fingerprint density at radius 3 is 2.24 bits per heavy atom. The van der Waals surface area contributed by atoms with Crippen LogP contribution >= 0.6 is 24.8 Å². The van der Waals surface area contributed by atoms with Gasteiger partial charge >= 0.3 is 0 Å². The van der Waals surface area contributed by atoms with Gasteiger partial charge in [-0.1, -0.05) is 32.0 Å². The maximum absolute atomic E-state index is 12.9. The Morgan fingerprint density at radius 1 is 1.16 bits per heavy atom. The second-order valence-corrected chi connectivity index (χ2v) is 6.68. The lowest BCUT2D eigenvalue weighted by atomic mass is 9.81. The van der Waals surface area contributed by atoms with Crippen LogP contribution in [0.15, 0.2) is 24.3 Å². The second kappa shape index (κ2) is 10.9. The van der Waals surface area contributed by atoms with Crippen LogP contribution in [0, 0.1) is 5.41 Å². The Labute approximate surface area is 164 Å². The summed E-state index contributed by atoms with van der Waals surface area (Å²) in [6.07, 6.45) is 4.09. The zero-order chi connectivity index (χ0) is 16.9. The molecule has 1 aliphatic rings. The van der Waals surface area contributed by atoms with E-state index in [4.69, 9.17) is 5.73 Å². The average molecular weight is 390 g/mol. The summed E-state index contributed by atoms with van der Waals surface area (Å²) in [5.41, 5.74) is 8.01. The first-order chi connectivity index (χ1) is 11.1. The predicted octanol–water partition coefficient (Wildman–Crippen LogP) is 3.85. The first-order valence-electron chi connectivity index (χ1n) is 8.86. The van der Waals surface area contributed by atoms with Gasteiger partial charge in [0.25, 0.3) is 0 Å². The SMILES string of the molecule is CCC(CC)(CN)C(=O)N(C)Cc1ccccc1N1CCCC1.Cl.Cl. The number of hydrogen-bond donors (Lipinski definition) is 1. The Balaban J connectivity index is 0.00000288. The lowest BCUT2D eigenvalue weighted by Gasteiger charge is -2.34. The topological polar surface area (TPSA) is 49.6 Å². The molecule has 0 radical (unpaired) electrons. The van der Waals surface area contributed by atoms with E-state index in [9.17, 15) is 4.79 Å². The molecule has 1 fully saturated rings. The van der Waals surface area contributed by atoms with Crippen LogP contribution in [0.5, 0.6) is 0 Å². The molecule has 6 heteroatoms. The van der Waals surface area contributed by atoms with Crippen molar-refractivity contribution in [3.05, 3.63) is 29.8 Å². The minimum Gasteiger partial charge on any atom is -0.371 e. The van der Waals surface area contributed by atoms with Gasteiger partial charge in [0.15, 0.2) is 0 Å². The molecule has 0 unspecified atom stereocenters. The number of nitrogens with two attached hydrogens (primary N) is 1. The van der Waals surface area contributed by atoms with Crippen molar-refractivity contribution < 1.29 is 4.79 Å². The summed E-state index contributed by atoms with van der Waals surface area (Å²) < 4.78 is 0. The predicted molar refractivity (Wildman–Crippen MR) is 111 cm³/mol. The largest absolute Gasteiger partial charge is 0.371 e. The highest BCUT2D eigenvalue weighted by molar-refractivity contribution is 5.85. The summed E-state index contributed by atoms with van der Waals surface area (Å²) >= 11 is 0. The van der Waals surface area contributed by atoms with Gasteiger partial charge in [-0.05, 0) is 37.3 Å². The number of amides is 1. The van der Waals surface area contributed by atoms with Crippen molar-refractivity contribution in [1.29, 1.82) is 0 Å². The molecule has 1 aromatic rings. The molecule has 0 saturated carbocycles. The summed E-state index contributed by atoms with van der Waals surface area (Å²) in [6, 6.07) is 8.46. The van der Waals surface area contributed by atoms with Gasteiger partial charge in [-0.3, -0.25) is 4.79 Å². The molecule has 0 atom stereocenters. The maximum Gasteiger partial charge on any atom is 0.230 e. The molecule has 1 saturated heterocycles. The third-order valence-electron chi connectivity index (χ3n) is 5.39. The van der Waals surface area contributed by atoms with Crippen molar-refractivity contribution in [2.45, 2.75) is 46.1 Å². The van der Waals surface area contributed by atoms with Crippen molar-refractivity contribution in [3.63, 3.8) is 0 Å². The van der Waals surface area contributed by atoms with Crippen LogP contribution in [-0.2, 0) is 11.3 Å². The van der Waals surface area contributed by atoms with Crippen molar-refractivity contribution in [1.82, 2.24) is 4.90 Å². The van der Waals surface area contributed by atoms with Crippen molar-refractivity contribution in [2.24, 2.45) is 11.1 Å². The normalized spacial score (nSPS) is 13.8. The van der Waals surface area contributed by atoms with Crippen LogP contribution in [0.4, 0.5) is 5.69 Å². The van der Waals surface area contributed by atoms with E-state index in [1.165, 1.54) is 24.1 Å². The minimum atomic E-state index is -0.419. The molecule has 1 amide bonds. The summed E-state index contributed by atoms with van der Waals surface area (Å²) in [5.74, 6) is 0.168. The second-order valence-electron chi connectivity index (χ2n) is 6.68. The fourth-order valence-electron chi connectivity index (χ4n) is 3.57. The standard InChI is InChI=1S/C19H31N3O.2ClH/c1-4-19(5-2,15-20)18(23)21(3)14-16-10-6-7-11-17(16)22-12-8-9-13-22;;/h6-7,10-11H,4-5,8-9,12-15,20H2,1-3H3;2*1H. The first-order valence-corrected chi connectivity index (χ1v) is 8.86. The lowest BCUT2D eigenvalue weighted by molar-refractivity contribution is -0.141. The molecular formula is C19H33Cl2N3O. The molecule has 0 spiro atoms. The number of benzene rings is 1. The molecule has 0 aliphatic carbocycles. The molecule has 0 bridgehead atoms. The number of hydrogen-bond acceptors (Lipinski definition) is 3. The summed E-state index contributed by atoms with van der Waals surface area (Å²) in [7, 11) is 1.90. The van der Waals surface area contributed by atoms with E-state index >= 15 is 0 Å². The highest BCUT2D eigenvalue weighted by atomic mass is 35.5. The van der Waals surface area contributed by atoms with Crippen LogP contribution in [0.1, 0.15) is 45.1 Å². The van der Waals surface area contributed by atoms with E-state index in [2.05, 4.69) is 43.0 Å². The molecule has 2 N–H and O–H groups in total. The summed E-state index contributed by atoms with van der Waals surface area (Å²) in [4.78, 5) is 17.2. The van der Waals surface area contributed by atoms with E-state index in [1.54, 1.807) is 0 Å². The highest BCUT2D eigenvalue weighted by Crippen LogP contribution is 2.30. The summed E-state index contributed by atoms with van der Waals surface area (Å²) in [6.45, 7) is 7.40. The fraction of sp³-hybridized carbons (Fsp3) is 0.632. The Hall–Kier alpha value is -0.970. The van der Waals surface area contributed by atoms with Gasteiger partial charge in [-0.15, -0.1) is 24.8 Å². The first kappa shape index (κ1) is 24.0. The zero-order valence-electron chi connectivity index (χ0n) is 15.7. The molecule has 144 valence electrons. The van der Waals surface area contributed by atoms with Gasteiger partial charge in [0.05, 0.1) is 5.41 Å². The monoisotopic (exact) mass is 389 g/mol. The van der Waals surface area contributed by atoms with Gasteiger partial charge in [-0.25, -0.2) is 0 Å². The number of nitrogens with zero attached hydrogens (tertiary/aromatic N) is 2. The van der Waals surface area contributed by atoms with Crippen LogP contribution in [0.2, 0.25) is 0 Å². The molecule has 0 aromatic heterocycles. The van der Waals surface area contributed by atoms with E-state index < -0.39 is 5.41 Å². The number of halogens is 2. The minimum absolute atomic E-state index is 0.